The molecule has 4 aliphatic rings. The van der Waals surface area contributed by atoms with E-state index in [-0.39, 0.29) is 11.5 Å². The van der Waals surface area contributed by atoms with Gasteiger partial charge in [-0.1, -0.05) is 46.3 Å². The molecule has 2 N–H and O–H groups in total. The Hall–Kier alpha value is -0.340. The number of hydrogen-bond donors (Lipinski definition) is 2. The van der Waals surface area contributed by atoms with Gasteiger partial charge in [-0.15, -0.1) is 0 Å². The van der Waals surface area contributed by atoms with Crippen molar-refractivity contribution in [1.29, 1.82) is 0 Å². The monoisotopic (exact) mass is 388 g/mol. The van der Waals surface area contributed by atoms with Crippen molar-refractivity contribution in [2.24, 2.45) is 45.8 Å². The minimum Gasteiger partial charge on any atom is -0.396 e. The maximum Gasteiger partial charge on any atom is 0.0628 e. The average Bonchev–Trinajstić information content (AvgIpc) is 3.00. The van der Waals surface area contributed by atoms with E-state index in [1.807, 2.05) is 0 Å². The molecule has 2 nitrogen and oxygen atoms in total. The number of aliphatic hydroxyl groups excluding tert-OH is 2. The molecule has 0 aromatic heterocycles. The summed E-state index contributed by atoms with van der Waals surface area (Å²) in [7, 11) is 0. The van der Waals surface area contributed by atoms with Crippen LogP contribution in [0.25, 0.3) is 0 Å². The van der Waals surface area contributed by atoms with Crippen molar-refractivity contribution in [2.75, 3.05) is 6.61 Å². The van der Waals surface area contributed by atoms with E-state index in [9.17, 15) is 10.2 Å². The molecule has 0 unspecified atom stereocenters. The summed E-state index contributed by atoms with van der Waals surface area (Å²) in [6.45, 7) is 12.5. The first-order valence-electron chi connectivity index (χ1n) is 12.2. The predicted molar refractivity (Wildman–Crippen MR) is 116 cm³/mol. The Labute approximate surface area is 173 Å². The quantitative estimate of drug-likeness (QED) is 0.582. The minimum absolute atomic E-state index is 0.0598. The molecular formula is C26H44O2. The van der Waals surface area contributed by atoms with Crippen LogP contribution in [0.5, 0.6) is 0 Å². The van der Waals surface area contributed by atoms with Crippen molar-refractivity contribution in [3.8, 4) is 0 Å². The Kier molecular flexibility index (Phi) is 5.32. The van der Waals surface area contributed by atoms with Crippen LogP contribution in [-0.4, -0.2) is 22.9 Å². The molecule has 0 aromatic carbocycles. The normalized spacial score (nSPS) is 48.2. The van der Waals surface area contributed by atoms with Crippen LogP contribution in [0.3, 0.4) is 0 Å². The number of fused-ring (bicyclic) bond motifs is 5. The van der Waals surface area contributed by atoms with E-state index in [0.29, 0.717) is 17.4 Å². The number of rotatable bonds is 4. The van der Waals surface area contributed by atoms with Gasteiger partial charge >= 0.3 is 0 Å². The molecule has 0 spiro atoms. The lowest BCUT2D eigenvalue weighted by Crippen LogP contribution is -2.54. The minimum atomic E-state index is -0.180. The lowest BCUT2D eigenvalue weighted by atomic mass is 9.44. The Morgan fingerprint density at radius 2 is 1.79 bits per heavy atom. The second-order valence-electron chi connectivity index (χ2n) is 12.0. The Bertz CT molecular complexity index is 622. The van der Waals surface area contributed by atoms with E-state index in [1.165, 1.54) is 44.9 Å². The molecule has 0 radical (unpaired) electrons. The van der Waals surface area contributed by atoms with Gasteiger partial charge in [0.2, 0.25) is 0 Å². The van der Waals surface area contributed by atoms with Gasteiger partial charge in [-0.05, 0) is 98.2 Å². The molecule has 4 aliphatic carbocycles. The third-order valence-corrected chi connectivity index (χ3v) is 10.5. The lowest BCUT2D eigenvalue weighted by molar-refractivity contribution is -0.0782. The molecule has 8 atom stereocenters. The molecule has 4 rings (SSSR count). The standard InChI is InChI=1S/C26H44O2/c1-17(7-6-16-27)19-9-10-20-18-8-11-22-24(2,3)23(28)13-15-26(22,5)21(18)12-14-25(19,20)4/h11,17-21,23,27-28H,6-10,12-16H2,1-5H3/t17-,18+,19-,20+,21+,23+,25-,26-/m1/s1. The number of hydrogen-bond acceptors (Lipinski definition) is 2. The third-order valence-electron chi connectivity index (χ3n) is 10.5. The summed E-state index contributed by atoms with van der Waals surface area (Å²) in [6.07, 6.45) is 13.5. The van der Waals surface area contributed by atoms with Crippen LogP contribution in [0.4, 0.5) is 0 Å². The molecule has 0 aliphatic heterocycles. The Morgan fingerprint density at radius 1 is 1.04 bits per heavy atom. The van der Waals surface area contributed by atoms with Crippen LogP contribution in [0.2, 0.25) is 0 Å². The van der Waals surface area contributed by atoms with Crippen LogP contribution in [-0.2, 0) is 0 Å². The van der Waals surface area contributed by atoms with Gasteiger partial charge in [0.1, 0.15) is 0 Å². The van der Waals surface area contributed by atoms with Crippen molar-refractivity contribution in [3.05, 3.63) is 11.6 Å². The topological polar surface area (TPSA) is 40.5 Å². The summed E-state index contributed by atoms with van der Waals surface area (Å²) < 4.78 is 0. The smallest absolute Gasteiger partial charge is 0.0628 e. The maximum absolute atomic E-state index is 10.7. The van der Waals surface area contributed by atoms with Crippen molar-refractivity contribution >= 4 is 0 Å². The first-order chi connectivity index (χ1) is 13.2. The molecule has 0 bridgehead atoms. The molecule has 28 heavy (non-hydrogen) atoms. The van der Waals surface area contributed by atoms with Gasteiger partial charge < -0.3 is 10.2 Å². The molecule has 0 heterocycles. The molecular weight excluding hydrogens is 344 g/mol. The van der Waals surface area contributed by atoms with Gasteiger partial charge in [-0.2, -0.15) is 0 Å². The largest absolute Gasteiger partial charge is 0.396 e. The van der Waals surface area contributed by atoms with Gasteiger partial charge in [-0.25, -0.2) is 0 Å². The van der Waals surface area contributed by atoms with Gasteiger partial charge in [0.05, 0.1) is 6.10 Å². The van der Waals surface area contributed by atoms with Gasteiger partial charge in [-0.3, -0.25) is 0 Å². The first-order valence-corrected chi connectivity index (χ1v) is 12.2. The molecule has 3 saturated carbocycles. The summed E-state index contributed by atoms with van der Waals surface area (Å²) in [6, 6.07) is 0. The highest BCUT2D eigenvalue weighted by atomic mass is 16.3. The highest BCUT2D eigenvalue weighted by molar-refractivity contribution is 5.31. The molecule has 2 heteroatoms. The maximum atomic E-state index is 10.7. The summed E-state index contributed by atoms with van der Waals surface area (Å²) in [5.41, 5.74) is 2.32. The fourth-order valence-electron chi connectivity index (χ4n) is 8.98. The van der Waals surface area contributed by atoms with Crippen LogP contribution < -0.4 is 0 Å². The van der Waals surface area contributed by atoms with Gasteiger partial charge in [0.25, 0.3) is 0 Å². The lowest BCUT2D eigenvalue weighted by Gasteiger charge is -2.61. The summed E-state index contributed by atoms with van der Waals surface area (Å²) in [5.74, 6) is 4.11. The summed E-state index contributed by atoms with van der Waals surface area (Å²) >= 11 is 0. The number of allylic oxidation sites excluding steroid dienone is 1. The van der Waals surface area contributed by atoms with Gasteiger partial charge in [0, 0.05) is 12.0 Å². The van der Waals surface area contributed by atoms with E-state index in [1.54, 1.807) is 5.57 Å². The fraction of sp³-hybridized carbons (Fsp3) is 0.923. The SMILES string of the molecule is C[C@H](CCCO)[C@H]1CC[C@H]2[C@@H]3CC=C4C(C)(C)[C@@H](O)CC[C@]4(C)[C@H]3CC[C@]12C. The Balaban J connectivity index is 1.61. The van der Waals surface area contributed by atoms with Gasteiger partial charge in [0.15, 0.2) is 0 Å². The van der Waals surface area contributed by atoms with E-state index in [2.05, 4.69) is 40.7 Å². The van der Waals surface area contributed by atoms with E-state index >= 15 is 0 Å². The second-order valence-corrected chi connectivity index (χ2v) is 12.0. The predicted octanol–water partition coefficient (Wildman–Crippen LogP) is 5.97. The highest BCUT2D eigenvalue weighted by Gasteiger charge is 2.61. The molecule has 160 valence electrons. The van der Waals surface area contributed by atoms with Crippen molar-refractivity contribution in [1.82, 2.24) is 0 Å². The number of aliphatic hydroxyl groups is 2. The van der Waals surface area contributed by atoms with Crippen molar-refractivity contribution in [2.45, 2.75) is 98.5 Å². The van der Waals surface area contributed by atoms with Crippen molar-refractivity contribution < 1.29 is 10.2 Å². The zero-order valence-corrected chi connectivity index (χ0v) is 19.0. The van der Waals surface area contributed by atoms with E-state index in [0.717, 1.165) is 42.4 Å². The molecule has 0 saturated heterocycles. The highest BCUT2D eigenvalue weighted by Crippen LogP contribution is 2.68. The molecule has 0 aromatic rings. The van der Waals surface area contributed by atoms with Crippen molar-refractivity contribution in [3.63, 3.8) is 0 Å². The van der Waals surface area contributed by atoms with Crippen LogP contribution in [0, 0.1) is 45.8 Å². The summed E-state index contributed by atoms with van der Waals surface area (Å²) in [5, 5.41) is 20.0. The van der Waals surface area contributed by atoms with E-state index in [4.69, 9.17) is 0 Å². The van der Waals surface area contributed by atoms with Crippen LogP contribution >= 0.6 is 0 Å². The zero-order chi connectivity index (χ0) is 20.3. The second kappa shape index (κ2) is 7.12. The molecule has 3 fully saturated rings. The fourth-order valence-corrected chi connectivity index (χ4v) is 8.98. The summed E-state index contributed by atoms with van der Waals surface area (Å²) in [4.78, 5) is 0. The van der Waals surface area contributed by atoms with E-state index < -0.39 is 0 Å². The van der Waals surface area contributed by atoms with Crippen LogP contribution in [0.15, 0.2) is 11.6 Å². The third kappa shape index (κ3) is 2.88. The first kappa shape index (κ1) is 20.9. The zero-order valence-electron chi connectivity index (χ0n) is 19.0. The molecule has 0 amide bonds. The Morgan fingerprint density at radius 3 is 2.50 bits per heavy atom. The van der Waals surface area contributed by atoms with Crippen LogP contribution in [0.1, 0.15) is 92.4 Å². The average molecular weight is 389 g/mol.